The number of rotatable bonds is 3. The number of phenolic OH excluding ortho intramolecular Hbond substituents is 1. The van der Waals surface area contributed by atoms with Crippen molar-refractivity contribution >= 4 is 0 Å². The smallest absolute Gasteiger partial charge is 0.123 e. The molecular weight excluding hydrogens is 265 g/mol. The van der Waals surface area contributed by atoms with Crippen LogP contribution in [0.15, 0.2) is 18.2 Å². The second kappa shape index (κ2) is 5.60. The number of halogens is 1. The molecule has 1 aromatic rings. The molecule has 2 N–H and O–H groups in total. The molecule has 1 atom stereocenters. The van der Waals surface area contributed by atoms with Crippen LogP contribution >= 0.6 is 0 Å². The summed E-state index contributed by atoms with van der Waals surface area (Å²) >= 11 is 0. The lowest BCUT2D eigenvalue weighted by atomic mass is 9.63. The van der Waals surface area contributed by atoms with E-state index in [4.69, 9.17) is 0 Å². The summed E-state index contributed by atoms with van der Waals surface area (Å²) in [5.41, 5.74) is 1.25. The molecule has 0 aromatic heterocycles. The second-order valence-corrected chi connectivity index (χ2v) is 8.20. The molecule has 118 valence electrons. The van der Waals surface area contributed by atoms with E-state index in [9.17, 15) is 9.50 Å². The fourth-order valence-electron chi connectivity index (χ4n) is 4.28. The van der Waals surface area contributed by atoms with E-state index in [1.165, 1.54) is 24.6 Å². The first kappa shape index (κ1) is 16.3. The number of aromatic hydroxyl groups is 1. The molecular formula is C18H28FNO. The number of phenols is 1. The molecule has 1 saturated carbocycles. The highest BCUT2D eigenvalue weighted by molar-refractivity contribution is 5.35. The van der Waals surface area contributed by atoms with Gasteiger partial charge in [0.25, 0.3) is 0 Å². The van der Waals surface area contributed by atoms with Crippen LogP contribution in [0.3, 0.4) is 0 Å². The molecule has 0 saturated heterocycles. The molecule has 0 spiro atoms. The Hall–Kier alpha value is -1.09. The van der Waals surface area contributed by atoms with Gasteiger partial charge in [-0.15, -0.1) is 0 Å². The Labute approximate surface area is 127 Å². The van der Waals surface area contributed by atoms with Crippen LogP contribution in [0.1, 0.15) is 65.5 Å². The maximum atomic E-state index is 13.4. The largest absolute Gasteiger partial charge is 0.508 e. The average Bonchev–Trinajstić information content (AvgIpc) is 2.27. The Balaban J connectivity index is 2.12. The van der Waals surface area contributed by atoms with Gasteiger partial charge in [-0.2, -0.15) is 0 Å². The van der Waals surface area contributed by atoms with Crippen LogP contribution < -0.4 is 5.32 Å². The first-order valence-electron chi connectivity index (χ1n) is 7.82. The van der Waals surface area contributed by atoms with E-state index in [1.54, 1.807) is 0 Å². The molecule has 2 rings (SSSR count). The highest BCUT2D eigenvalue weighted by atomic mass is 19.1. The van der Waals surface area contributed by atoms with Gasteiger partial charge in [-0.05, 0) is 55.2 Å². The van der Waals surface area contributed by atoms with Crippen molar-refractivity contribution in [2.45, 2.75) is 66.0 Å². The van der Waals surface area contributed by atoms with Crippen molar-refractivity contribution in [1.82, 2.24) is 5.32 Å². The van der Waals surface area contributed by atoms with Crippen LogP contribution in [-0.2, 0) is 0 Å². The summed E-state index contributed by atoms with van der Waals surface area (Å²) in [6.45, 7) is 11.2. The second-order valence-electron chi connectivity index (χ2n) is 8.20. The molecule has 0 radical (unpaired) electrons. The molecule has 0 amide bonds. The number of hydrogen-bond donors (Lipinski definition) is 2. The maximum absolute atomic E-state index is 13.4. The van der Waals surface area contributed by atoms with Crippen molar-refractivity contribution < 1.29 is 9.50 Å². The van der Waals surface area contributed by atoms with E-state index < -0.39 is 0 Å². The Bertz CT molecular complexity index is 494. The van der Waals surface area contributed by atoms with Crippen molar-refractivity contribution in [3.05, 3.63) is 29.6 Å². The van der Waals surface area contributed by atoms with Gasteiger partial charge >= 0.3 is 0 Å². The third-order valence-electron chi connectivity index (χ3n) is 4.50. The van der Waals surface area contributed by atoms with E-state index in [1.807, 2.05) is 6.92 Å². The van der Waals surface area contributed by atoms with E-state index in [-0.39, 0.29) is 17.6 Å². The molecule has 0 bridgehead atoms. The zero-order chi connectivity index (χ0) is 15.8. The molecule has 2 nitrogen and oxygen atoms in total. The molecule has 1 aromatic carbocycles. The predicted molar refractivity (Wildman–Crippen MR) is 84.8 cm³/mol. The highest BCUT2D eigenvalue weighted by Crippen LogP contribution is 2.46. The minimum Gasteiger partial charge on any atom is -0.508 e. The van der Waals surface area contributed by atoms with E-state index in [0.29, 0.717) is 22.4 Å². The minimum atomic E-state index is -0.305. The van der Waals surface area contributed by atoms with Gasteiger partial charge in [0, 0.05) is 17.6 Å². The average molecular weight is 293 g/mol. The lowest BCUT2D eigenvalue weighted by Gasteiger charge is -2.46. The third kappa shape index (κ3) is 4.19. The van der Waals surface area contributed by atoms with Crippen LogP contribution in [0.4, 0.5) is 4.39 Å². The van der Waals surface area contributed by atoms with Crippen molar-refractivity contribution in [1.29, 1.82) is 0 Å². The van der Waals surface area contributed by atoms with Gasteiger partial charge in [-0.25, -0.2) is 4.39 Å². The predicted octanol–water partition coefficient (Wildman–Crippen LogP) is 4.79. The standard InChI is InChI=1S/C18H28FNO/c1-12(15-8-13(19)6-7-16(15)21)20-14-9-17(2,3)11-18(4,5)10-14/h6-8,12,14,20-21H,9-11H2,1-5H3. The third-order valence-corrected chi connectivity index (χ3v) is 4.50. The van der Waals surface area contributed by atoms with Crippen molar-refractivity contribution in [3.63, 3.8) is 0 Å². The summed E-state index contributed by atoms with van der Waals surface area (Å²) in [7, 11) is 0. The van der Waals surface area contributed by atoms with Crippen LogP contribution in [0.2, 0.25) is 0 Å². The quantitative estimate of drug-likeness (QED) is 0.840. The van der Waals surface area contributed by atoms with Gasteiger partial charge in [0.15, 0.2) is 0 Å². The Morgan fingerprint density at radius 2 is 1.76 bits per heavy atom. The zero-order valence-electron chi connectivity index (χ0n) is 13.8. The van der Waals surface area contributed by atoms with Crippen LogP contribution in [-0.4, -0.2) is 11.1 Å². The molecule has 1 aliphatic rings. The fourth-order valence-corrected chi connectivity index (χ4v) is 4.28. The Kier molecular flexibility index (Phi) is 4.34. The maximum Gasteiger partial charge on any atom is 0.123 e. The summed E-state index contributed by atoms with van der Waals surface area (Å²) in [4.78, 5) is 0. The van der Waals surface area contributed by atoms with Gasteiger partial charge in [0.05, 0.1) is 0 Å². The van der Waals surface area contributed by atoms with E-state index in [0.717, 1.165) is 12.8 Å². The van der Waals surface area contributed by atoms with Gasteiger partial charge in [-0.1, -0.05) is 27.7 Å². The van der Waals surface area contributed by atoms with Gasteiger partial charge in [0.2, 0.25) is 0 Å². The molecule has 1 aliphatic carbocycles. The monoisotopic (exact) mass is 293 g/mol. The number of nitrogens with one attached hydrogen (secondary N) is 1. The number of hydrogen-bond acceptors (Lipinski definition) is 2. The van der Waals surface area contributed by atoms with Gasteiger partial charge in [-0.3, -0.25) is 0 Å². The highest BCUT2D eigenvalue weighted by Gasteiger charge is 2.38. The van der Waals surface area contributed by atoms with Crippen molar-refractivity contribution in [2.75, 3.05) is 0 Å². The molecule has 0 heterocycles. The summed E-state index contributed by atoms with van der Waals surface area (Å²) in [5.74, 6) is -0.147. The Morgan fingerprint density at radius 3 is 2.33 bits per heavy atom. The topological polar surface area (TPSA) is 32.3 Å². The molecule has 0 aliphatic heterocycles. The fraction of sp³-hybridized carbons (Fsp3) is 0.667. The first-order chi connectivity index (χ1) is 9.58. The molecule has 21 heavy (non-hydrogen) atoms. The van der Waals surface area contributed by atoms with E-state index >= 15 is 0 Å². The van der Waals surface area contributed by atoms with Crippen molar-refractivity contribution in [3.8, 4) is 5.75 Å². The lowest BCUT2D eigenvalue weighted by Crippen LogP contribution is -2.44. The van der Waals surface area contributed by atoms with Crippen LogP contribution in [0.5, 0.6) is 5.75 Å². The van der Waals surface area contributed by atoms with Gasteiger partial charge in [0.1, 0.15) is 11.6 Å². The summed E-state index contributed by atoms with van der Waals surface area (Å²) in [6.07, 6.45) is 3.44. The molecule has 1 unspecified atom stereocenters. The first-order valence-corrected chi connectivity index (χ1v) is 7.82. The summed E-state index contributed by atoms with van der Waals surface area (Å²) in [6, 6.07) is 4.47. The molecule has 1 fully saturated rings. The van der Waals surface area contributed by atoms with E-state index in [2.05, 4.69) is 33.0 Å². The SMILES string of the molecule is CC(NC1CC(C)(C)CC(C)(C)C1)c1cc(F)ccc1O. The molecule has 3 heteroatoms. The number of benzene rings is 1. The van der Waals surface area contributed by atoms with Crippen molar-refractivity contribution in [2.24, 2.45) is 10.8 Å². The van der Waals surface area contributed by atoms with Crippen LogP contribution in [0.25, 0.3) is 0 Å². The normalized spacial score (nSPS) is 23.0. The Morgan fingerprint density at radius 1 is 1.19 bits per heavy atom. The van der Waals surface area contributed by atoms with Crippen LogP contribution in [0, 0.1) is 16.6 Å². The summed E-state index contributed by atoms with van der Waals surface area (Å²) < 4.78 is 13.4. The zero-order valence-corrected chi connectivity index (χ0v) is 13.8. The minimum absolute atomic E-state index is 0.0598. The lowest BCUT2D eigenvalue weighted by molar-refractivity contribution is 0.0810. The summed E-state index contributed by atoms with van der Waals surface area (Å²) in [5, 5.41) is 13.5. The van der Waals surface area contributed by atoms with Gasteiger partial charge < -0.3 is 10.4 Å².